The van der Waals surface area contributed by atoms with E-state index in [9.17, 15) is 4.39 Å². The van der Waals surface area contributed by atoms with Crippen LogP contribution >= 0.6 is 0 Å². The van der Waals surface area contributed by atoms with Crippen molar-refractivity contribution in [1.82, 2.24) is 10.3 Å². The van der Waals surface area contributed by atoms with Gasteiger partial charge in [-0.15, -0.1) is 0 Å². The second kappa shape index (κ2) is 8.10. The lowest BCUT2D eigenvalue weighted by Crippen LogP contribution is -2.21. The zero-order valence-corrected chi connectivity index (χ0v) is 12.4. The summed E-state index contributed by atoms with van der Waals surface area (Å²) in [6, 6.07) is 1.49. The molecule has 0 aromatic carbocycles. The predicted octanol–water partition coefficient (Wildman–Crippen LogP) is 3.53. The van der Waals surface area contributed by atoms with Crippen LogP contribution in [0.3, 0.4) is 0 Å². The molecule has 19 heavy (non-hydrogen) atoms. The Morgan fingerprint density at radius 1 is 1.37 bits per heavy atom. The van der Waals surface area contributed by atoms with Crippen molar-refractivity contribution in [1.29, 1.82) is 0 Å². The van der Waals surface area contributed by atoms with E-state index in [-0.39, 0.29) is 11.9 Å². The molecule has 1 aromatic heterocycles. The zero-order chi connectivity index (χ0) is 14.3. The summed E-state index contributed by atoms with van der Waals surface area (Å²) in [4.78, 5) is 4.06. The number of nitrogens with zero attached hydrogens (tertiary/aromatic N) is 1. The highest BCUT2D eigenvalue weighted by Crippen LogP contribution is 2.18. The summed E-state index contributed by atoms with van der Waals surface area (Å²) >= 11 is 0. The lowest BCUT2D eigenvalue weighted by atomic mass is 10.2. The maximum Gasteiger partial charge on any atom is 0.218 e. The van der Waals surface area contributed by atoms with E-state index in [0.29, 0.717) is 18.3 Å². The number of hydrogen-bond donors (Lipinski definition) is 1. The van der Waals surface area contributed by atoms with Crippen molar-refractivity contribution >= 4 is 0 Å². The van der Waals surface area contributed by atoms with E-state index in [1.807, 2.05) is 6.92 Å². The molecule has 0 saturated carbocycles. The van der Waals surface area contributed by atoms with Gasteiger partial charge in [0.1, 0.15) is 5.82 Å². The van der Waals surface area contributed by atoms with Crippen LogP contribution in [-0.2, 0) is 6.54 Å². The van der Waals surface area contributed by atoms with E-state index in [1.165, 1.54) is 12.3 Å². The van der Waals surface area contributed by atoms with Gasteiger partial charge in [-0.2, -0.15) is 0 Å². The molecule has 0 radical (unpaired) electrons. The Morgan fingerprint density at radius 2 is 2.11 bits per heavy atom. The van der Waals surface area contributed by atoms with Crippen molar-refractivity contribution < 1.29 is 9.13 Å². The third kappa shape index (κ3) is 6.01. The topological polar surface area (TPSA) is 34.1 Å². The van der Waals surface area contributed by atoms with E-state index >= 15 is 0 Å². The van der Waals surface area contributed by atoms with E-state index in [0.717, 1.165) is 24.9 Å². The number of hydrogen-bond acceptors (Lipinski definition) is 3. The summed E-state index contributed by atoms with van der Waals surface area (Å²) in [5.74, 6) is 0.778. The first-order chi connectivity index (χ1) is 9.02. The number of rotatable bonds is 8. The second-order valence-electron chi connectivity index (χ2n) is 5.36. The Labute approximate surface area is 115 Å². The second-order valence-corrected chi connectivity index (χ2v) is 5.36. The summed E-state index contributed by atoms with van der Waals surface area (Å²) in [5, 5.41) is 3.29. The molecule has 0 aliphatic heterocycles. The lowest BCUT2D eigenvalue weighted by molar-refractivity contribution is 0.198. The normalized spacial score (nSPS) is 12.7. The summed E-state index contributed by atoms with van der Waals surface area (Å²) < 4.78 is 19.1. The standard InChI is InChI=1S/C15H25FN2O/c1-5-6-12(4)19-15-13(7-14(16)10-18-15)9-17-8-11(2)3/h7,10-12,17H,5-6,8-9H2,1-4H3. The Balaban J connectivity index is 2.68. The largest absolute Gasteiger partial charge is 0.474 e. The Morgan fingerprint density at radius 3 is 2.74 bits per heavy atom. The smallest absolute Gasteiger partial charge is 0.218 e. The number of nitrogens with one attached hydrogen (secondary N) is 1. The van der Waals surface area contributed by atoms with Crippen LogP contribution < -0.4 is 10.1 Å². The molecule has 0 fully saturated rings. The van der Waals surface area contributed by atoms with Crippen molar-refractivity contribution in [2.45, 2.75) is 53.2 Å². The van der Waals surface area contributed by atoms with Gasteiger partial charge in [0.15, 0.2) is 0 Å². The highest BCUT2D eigenvalue weighted by atomic mass is 19.1. The van der Waals surface area contributed by atoms with Crippen LogP contribution in [-0.4, -0.2) is 17.6 Å². The van der Waals surface area contributed by atoms with Crippen molar-refractivity contribution in [3.05, 3.63) is 23.6 Å². The molecule has 0 aliphatic rings. The van der Waals surface area contributed by atoms with Gasteiger partial charge >= 0.3 is 0 Å². The molecular weight excluding hydrogens is 243 g/mol. The minimum absolute atomic E-state index is 0.104. The van der Waals surface area contributed by atoms with Gasteiger partial charge in [-0.1, -0.05) is 27.2 Å². The molecule has 0 spiro atoms. The van der Waals surface area contributed by atoms with Gasteiger partial charge in [0.05, 0.1) is 12.3 Å². The van der Waals surface area contributed by atoms with Crippen LogP contribution in [0.5, 0.6) is 5.88 Å². The molecule has 4 heteroatoms. The number of halogens is 1. The molecule has 3 nitrogen and oxygen atoms in total. The summed E-state index contributed by atoms with van der Waals surface area (Å²) in [7, 11) is 0. The molecule has 1 heterocycles. The number of ether oxygens (including phenoxy) is 1. The van der Waals surface area contributed by atoms with Crippen LogP contribution in [0.4, 0.5) is 4.39 Å². The van der Waals surface area contributed by atoms with E-state index < -0.39 is 0 Å². The highest BCUT2D eigenvalue weighted by Gasteiger charge is 2.11. The summed E-state index contributed by atoms with van der Waals surface area (Å²) in [5.41, 5.74) is 0.781. The molecule has 0 saturated heterocycles. The minimum atomic E-state index is -0.322. The SMILES string of the molecule is CCCC(C)Oc1ncc(F)cc1CNCC(C)C. The van der Waals surface area contributed by atoms with Gasteiger partial charge in [0.25, 0.3) is 0 Å². The van der Waals surface area contributed by atoms with Crippen LogP contribution in [0.1, 0.15) is 46.1 Å². The van der Waals surface area contributed by atoms with Gasteiger partial charge in [0, 0.05) is 12.1 Å². The molecule has 1 rings (SSSR count). The van der Waals surface area contributed by atoms with Gasteiger partial charge in [-0.05, 0) is 31.9 Å². The molecule has 1 N–H and O–H groups in total. The molecule has 0 bridgehead atoms. The van der Waals surface area contributed by atoms with Gasteiger partial charge < -0.3 is 10.1 Å². The first-order valence-electron chi connectivity index (χ1n) is 7.04. The molecule has 0 aliphatic carbocycles. The Hall–Kier alpha value is -1.16. The summed E-state index contributed by atoms with van der Waals surface area (Å²) in [6.07, 6.45) is 3.34. The van der Waals surface area contributed by atoms with Crippen LogP contribution in [0, 0.1) is 11.7 Å². The fraction of sp³-hybridized carbons (Fsp3) is 0.667. The molecule has 1 unspecified atom stereocenters. The summed E-state index contributed by atoms with van der Waals surface area (Å²) in [6.45, 7) is 9.87. The molecule has 1 aromatic rings. The van der Waals surface area contributed by atoms with Crippen molar-refractivity contribution in [2.24, 2.45) is 5.92 Å². The molecule has 0 amide bonds. The molecular formula is C15H25FN2O. The third-order valence-corrected chi connectivity index (χ3v) is 2.77. The van der Waals surface area contributed by atoms with E-state index in [2.05, 4.69) is 31.1 Å². The predicted molar refractivity (Wildman–Crippen MR) is 75.7 cm³/mol. The van der Waals surface area contributed by atoms with Crippen molar-refractivity contribution in [3.8, 4) is 5.88 Å². The molecule has 1 atom stereocenters. The van der Waals surface area contributed by atoms with Crippen LogP contribution in [0.25, 0.3) is 0 Å². The highest BCUT2D eigenvalue weighted by molar-refractivity contribution is 5.26. The van der Waals surface area contributed by atoms with Gasteiger partial charge in [0.2, 0.25) is 5.88 Å². The number of aromatic nitrogens is 1. The maximum absolute atomic E-state index is 13.3. The van der Waals surface area contributed by atoms with E-state index in [1.54, 1.807) is 0 Å². The first-order valence-corrected chi connectivity index (χ1v) is 7.04. The van der Waals surface area contributed by atoms with Gasteiger partial charge in [-0.25, -0.2) is 9.37 Å². The lowest BCUT2D eigenvalue weighted by Gasteiger charge is -2.16. The quantitative estimate of drug-likeness (QED) is 0.783. The Bertz CT molecular complexity index is 382. The third-order valence-electron chi connectivity index (χ3n) is 2.77. The fourth-order valence-corrected chi connectivity index (χ4v) is 1.85. The minimum Gasteiger partial charge on any atom is -0.474 e. The monoisotopic (exact) mass is 268 g/mol. The average molecular weight is 268 g/mol. The fourth-order valence-electron chi connectivity index (χ4n) is 1.85. The van der Waals surface area contributed by atoms with Crippen molar-refractivity contribution in [3.63, 3.8) is 0 Å². The van der Waals surface area contributed by atoms with Crippen molar-refractivity contribution in [2.75, 3.05) is 6.54 Å². The van der Waals surface area contributed by atoms with Gasteiger partial charge in [-0.3, -0.25) is 0 Å². The van der Waals surface area contributed by atoms with Crippen LogP contribution in [0.2, 0.25) is 0 Å². The molecule has 108 valence electrons. The average Bonchev–Trinajstić information content (AvgIpc) is 2.32. The Kier molecular flexibility index (Phi) is 6.78. The first kappa shape index (κ1) is 15.9. The number of pyridine rings is 1. The maximum atomic E-state index is 13.3. The van der Waals surface area contributed by atoms with Crippen LogP contribution in [0.15, 0.2) is 12.3 Å². The zero-order valence-electron chi connectivity index (χ0n) is 12.4. The van der Waals surface area contributed by atoms with E-state index in [4.69, 9.17) is 4.74 Å².